The van der Waals surface area contributed by atoms with Gasteiger partial charge in [0.1, 0.15) is 0 Å². The van der Waals surface area contributed by atoms with Gasteiger partial charge in [0, 0.05) is 17.7 Å². The Morgan fingerprint density at radius 3 is 3.00 bits per heavy atom. The molecule has 3 rings (SSSR count). The van der Waals surface area contributed by atoms with Gasteiger partial charge >= 0.3 is 0 Å². The molecule has 1 amide bonds. The molecule has 6 nitrogen and oxygen atoms in total. The van der Waals surface area contributed by atoms with Crippen molar-refractivity contribution in [3.8, 4) is 11.4 Å². The lowest BCUT2D eigenvalue weighted by Gasteiger charge is -2.11. The van der Waals surface area contributed by atoms with Gasteiger partial charge in [-0.3, -0.25) is 4.79 Å². The average Bonchev–Trinajstić information content (AvgIpc) is 3.24. The lowest BCUT2D eigenvalue weighted by atomic mass is 10.0. The van der Waals surface area contributed by atoms with Crippen LogP contribution in [0.1, 0.15) is 52.0 Å². The van der Waals surface area contributed by atoms with Crippen LogP contribution in [0.2, 0.25) is 0 Å². The number of hydrogen-bond acceptors (Lipinski definition) is 4. The van der Waals surface area contributed by atoms with Crippen molar-refractivity contribution in [3.63, 3.8) is 0 Å². The third-order valence-electron chi connectivity index (χ3n) is 4.11. The van der Waals surface area contributed by atoms with Crippen LogP contribution in [0.15, 0.2) is 24.3 Å². The minimum absolute atomic E-state index is 0.0601. The lowest BCUT2D eigenvalue weighted by molar-refractivity contribution is -0.117. The second kappa shape index (κ2) is 6.89. The SMILES string of the molecule is CCCC(C)CC(=O)Nc1cccc(-c2nnnn2C2CC2)c1. The van der Waals surface area contributed by atoms with Crippen molar-refractivity contribution in [2.75, 3.05) is 5.32 Å². The molecule has 0 spiro atoms. The van der Waals surface area contributed by atoms with Gasteiger partial charge in [-0.1, -0.05) is 38.8 Å². The molecule has 0 radical (unpaired) electrons. The number of carbonyl (C=O) groups excluding carboxylic acids is 1. The third-order valence-corrected chi connectivity index (χ3v) is 4.11. The van der Waals surface area contributed by atoms with E-state index >= 15 is 0 Å². The zero-order valence-electron chi connectivity index (χ0n) is 13.7. The van der Waals surface area contributed by atoms with E-state index in [1.807, 2.05) is 28.9 Å². The summed E-state index contributed by atoms with van der Waals surface area (Å²) < 4.78 is 1.88. The van der Waals surface area contributed by atoms with E-state index in [1.54, 1.807) is 0 Å². The van der Waals surface area contributed by atoms with Crippen molar-refractivity contribution in [2.45, 2.75) is 52.0 Å². The molecule has 1 aliphatic rings. The monoisotopic (exact) mass is 313 g/mol. The molecule has 0 saturated heterocycles. The van der Waals surface area contributed by atoms with Gasteiger partial charge in [0.05, 0.1) is 6.04 Å². The molecule has 1 heterocycles. The van der Waals surface area contributed by atoms with Gasteiger partial charge in [0.25, 0.3) is 0 Å². The number of tetrazole rings is 1. The predicted octanol–water partition coefficient (Wildman–Crippen LogP) is 3.44. The molecule has 122 valence electrons. The number of nitrogens with one attached hydrogen (secondary N) is 1. The number of amides is 1. The fourth-order valence-corrected chi connectivity index (χ4v) is 2.81. The van der Waals surface area contributed by atoms with Gasteiger partial charge in [-0.2, -0.15) is 0 Å². The van der Waals surface area contributed by atoms with Crippen LogP contribution in [-0.2, 0) is 4.79 Å². The highest BCUT2D eigenvalue weighted by Crippen LogP contribution is 2.36. The van der Waals surface area contributed by atoms with Crippen molar-refractivity contribution in [1.82, 2.24) is 20.2 Å². The Bertz CT molecular complexity index is 677. The zero-order valence-corrected chi connectivity index (χ0v) is 13.7. The maximum atomic E-state index is 12.1. The fraction of sp³-hybridized carbons (Fsp3) is 0.529. The smallest absolute Gasteiger partial charge is 0.224 e. The van der Waals surface area contributed by atoms with E-state index in [4.69, 9.17) is 0 Å². The molecule has 23 heavy (non-hydrogen) atoms. The van der Waals surface area contributed by atoms with Crippen molar-refractivity contribution < 1.29 is 4.79 Å². The highest BCUT2D eigenvalue weighted by atomic mass is 16.1. The van der Waals surface area contributed by atoms with Crippen molar-refractivity contribution in [1.29, 1.82) is 0 Å². The van der Waals surface area contributed by atoms with Gasteiger partial charge in [-0.25, -0.2) is 4.68 Å². The fourth-order valence-electron chi connectivity index (χ4n) is 2.81. The summed E-state index contributed by atoms with van der Waals surface area (Å²) in [4.78, 5) is 12.1. The first-order valence-corrected chi connectivity index (χ1v) is 8.35. The highest BCUT2D eigenvalue weighted by Gasteiger charge is 2.28. The molecule has 1 saturated carbocycles. The van der Waals surface area contributed by atoms with E-state index in [0.29, 0.717) is 18.4 Å². The van der Waals surface area contributed by atoms with E-state index in [1.165, 1.54) is 0 Å². The average molecular weight is 313 g/mol. The normalized spacial score (nSPS) is 15.4. The van der Waals surface area contributed by atoms with Crippen LogP contribution in [-0.4, -0.2) is 26.1 Å². The number of hydrogen-bond donors (Lipinski definition) is 1. The largest absolute Gasteiger partial charge is 0.326 e. The second-order valence-corrected chi connectivity index (χ2v) is 6.41. The van der Waals surface area contributed by atoms with Crippen LogP contribution in [0, 0.1) is 5.92 Å². The van der Waals surface area contributed by atoms with Crippen molar-refractivity contribution in [2.24, 2.45) is 5.92 Å². The molecule has 1 aliphatic carbocycles. The molecular weight excluding hydrogens is 290 g/mol. The topological polar surface area (TPSA) is 72.7 Å². The van der Waals surface area contributed by atoms with E-state index in [0.717, 1.165) is 42.8 Å². The van der Waals surface area contributed by atoms with Gasteiger partial charge in [0.2, 0.25) is 5.91 Å². The van der Waals surface area contributed by atoms with E-state index in [2.05, 4.69) is 34.7 Å². The Kier molecular flexibility index (Phi) is 4.69. The van der Waals surface area contributed by atoms with Gasteiger partial charge in [-0.05, 0) is 41.3 Å². The Labute approximate surface area is 136 Å². The summed E-state index contributed by atoms with van der Waals surface area (Å²) >= 11 is 0. The predicted molar refractivity (Wildman–Crippen MR) is 88.8 cm³/mol. The number of carbonyl (C=O) groups is 1. The maximum Gasteiger partial charge on any atom is 0.224 e. The summed E-state index contributed by atoms with van der Waals surface area (Å²) in [5.74, 6) is 1.23. The zero-order chi connectivity index (χ0) is 16.2. The Morgan fingerprint density at radius 2 is 2.26 bits per heavy atom. The highest BCUT2D eigenvalue weighted by molar-refractivity contribution is 5.91. The van der Waals surface area contributed by atoms with Crippen molar-refractivity contribution >= 4 is 11.6 Å². The van der Waals surface area contributed by atoms with Crippen LogP contribution in [0.5, 0.6) is 0 Å². The lowest BCUT2D eigenvalue weighted by Crippen LogP contribution is -2.15. The molecule has 1 atom stereocenters. The van der Waals surface area contributed by atoms with E-state index in [-0.39, 0.29) is 5.91 Å². The van der Waals surface area contributed by atoms with Gasteiger partial charge in [-0.15, -0.1) is 5.10 Å². The molecule has 1 unspecified atom stereocenters. The molecular formula is C17H23N5O. The molecule has 0 aliphatic heterocycles. The Morgan fingerprint density at radius 1 is 1.43 bits per heavy atom. The first kappa shape index (κ1) is 15.6. The standard InChI is InChI=1S/C17H23N5O/c1-3-5-12(2)10-16(23)18-14-7-4-6-13(11-14)17-19-20-21-22(17)15-8-9-15/h4,6-7,11-12,15H,3,5,8-10H2,1-2H3,(H,18,23). The molecule has 1 N–H and O–H groups in total. The second-order valence-electron chi connectivity index (χ2n) is 6.41. The number of benzene rings is 1. The molecule has 1 aromatic carbocycles. The number of anilines is 1. The maximum absolute atomic E-state index is 12.1. The number of rotatable bonds is 7. The quantitative estimate of drug-likeness (QED) is 0.850. The first-order valence-electron chi connectivity index (χ1n) is 8.35. The minimum Gasteiger partial charge on any atom is -0.326 e. The van der Waals surface area contributed by atoms with E-state index in [9.17, 15) is 4.79 Å². The number of nitrogens with zero attached hydrogens (tertiary/aromatic N) is 4. The molecule has 1 fully saturated rings. The number of aromatic nitrogens is 4. The molecule has 0 bridgehead atoms. The van der Waals surface area contributed by atoms with Crippen LogP contribution >= 0.6 is 0 Å². The summed E-state index contributed by atoms with van der Waals surface area (Å²) in [5.41, 5.74) is 1.72. The summed E-state index contributed by atoms with van der Waals surface area (Å²) in [6.07, 6.45) is 4.99. The summed E-state index contributed by atoms with van der Waals surface area (Å²) in [5, 5.41) is 15.0. The van der Waals surface area contributed by atoms with Crippen LogP contribution in [0.25, 0.3) is 11.4 Å². The third kappa shape index (κ3) is 3.94. The minimum atomic E-state index is 0.0601. The summed E-state index contributed by atoms with van der Waals surface area (Å²) in [6.45, 7) is 4.26. The first-order chi connectivity index (χ1) is 11.2. The van der Waals surface area contributed by atoms with E-state index < -0.39 is 0 Å². The summed E-state index contributed by atoms with van der Waals surface area (Å²) in [7, 11) is 0. The van der Waals surface area contributed by atoms with Crippen LogP contribution < -0.4 is 5.32 Å². The molecule has 1 aromatic heterocycles. The van der Waals surface area contributed by atoms with Gasteiger partial charge in [0.15, 0.2) is 5.82 Å². The van der Waals surface area contributed by atoms with Crippen LogP contribution in [0.4, 0.5) is 5.69 Å². The van der Waals surface area contributed by atoms with Gasteiger partial charge < -0.3 is 5.32 Å². The van der Waals surface area contributed by atoms with Crippen molar-refractivity contribution in [3.05, 3.63) is 24.3 Å². The Balaban J connectivity index is 1.70. The summed E-state index contributed by atoms with van der Waals surface area (Å²) in [6, 6.07) is 8.16. The molecule has 2 aromatic rings. The van der Waals surface area contributed by atoms with Crippen LogP contribution in [0.3, 0.4) is 0 Å². The molecule has 6 heteroatoms. The Hall–Kier alpha value is -2.24.